The highest BCUT2D eigenvalue weighted by Gasteiger charge is 2.26. The summed E-state index contributed by atoms with van der Waals surface area (Å²) < 4.78 is 0. The summed E-state index contributed by atoms with van der Waals surface area (Å²) in [5.74, 6) is 0.0750. The lowest BCUT2D eigenvalue weighted by atomic mass is 10.2. The maximum absolute atomic E-state index is 11.5. The van der Waals surface area contributed by atoms with Crippen LogP contribution in [0.4, 0.5) is 5.69 Å². The summed E-state index contributed by atoms with van der Waals surface area (Å²) in [6, 6.07) is 8.18. The maximum atomic E-state index is 11.5. The normalized spacial score (nSPS) is 16.8. The molecule has 1 atom stereocenters. The summed E-state index contributed by atoms with van der Waals surface area (Å²) in [7, 11) is 2.01. The molecule has 0 radical (unpaired) electrons. The number of carbonyl (C=O) groups excluding carboxylic acids is 1. The van der Waals surface area contributed by atoms with Crippen LogP contribution in [0.2, 0.25) is 0 Å². The molecule has 1 unspecified atom stereocenters. The summed E-state index contributed by atoms with van der Waals surface area (Å²) in [5, 5.41) is 10.1. The van der Waals surface area contributed by atoms with E-state index in [-0.39, 0.29) is 5.91 Å². The van der Waals surface area contributed by atoms with Gasteiger partial charge in [0.1, 0.15) is 6.23 Å². The standard InChI is InChI=1S/C15H22N2O2/c1-12-6-3-4-7-13(12)16(2)11-9-15(19)17-10-5-8-14(17)18/h3-4,6-7,15,19H,5,8-11H2,1-2H3. The van der Waals surface area contributed by atoms with E-state index in [2.05, 4.69) is 24.0 Å². The quantitative estimate of drug-likeness (QED) is 0.879. The van der Waals surface area contributed by atoms with E-state index in [9.17, 15) is 9.90 Å². The van der Waals surface area contributed by atoms with Gasteiger partial charge in [0, 0.05) is 38.7 Å². The van der Waals surface area contributed by atoms with Gasteiger partial charge in [0.25, 0.3) is 0 Å². The molecule has 1 saturated heterocycles. The van der Waals surface area contributed by atoms with Gasteiger partial charge < -0.3 is 14.9 Å². The van der Waals surface area contributed by atoms with E-state index in [0.717, 1.165) is 13.0 Å². The van der Waals surface area contributed by atoms with Gasteiger partial charge in [0.05, 0.1) is 0 Å². The van der Waals surface area contributed by atoms with Crippen LogP contribution >= 0.6 is 0 Å². The van der Waals surface area contributed by atoms with Crippen molar-refractivity contribution in [3.63, 3.8) is 0 Å². The molecule has 0 aromatic heterocycles. The molecule has 1 aromatic rings. The first-order valence-corrected chi connectivity index (χ1v) is 6.84. The highest BCUT2D eigenvalue weighted by molar-refractivity contribution is 5.78. The molecule has 0 saturated carbocycles. The van der Waals surface area contributed by atoms with Crippen LogP contribution in [0.5, 0.6) is 0 Å². The van der Waals surface area contributed by atoms with Gasteiger partial charge in [-0.25, -0.2) is 0 Å². The van der Waals surface area contributed by atoms with Gasteiger partial charge in [-0.2, -0.15) is 0 Å². The lowest BCUT2D eigenvalue weighted by molar-refractivity contribution is -0.136. The molecule has 0 aliphatic carbocycles. The molecular weight excluding hydrogens is 240 g/mol. The Morgan fingerprint density at radius 1 is 1.42 bits per heavy atom. The maximum Gasteiger partial charge on any atom is 0.224 e. The van der Waals surface area contributed by atoms with Crippen LogP contribution in [-0.2, 0) is 4.79 Å². The molecule has 2 rings (SSSR count). The first kappa shape index (κ1) is 13.9. The molecule has 4 heteroatoms. The van der Waals surface area contributed by atoms with Crippen LogP contribution in [0.25, 0.3) is 0 Å². The van der Waals surface area contributed by atoms with Crippen molar-refractivity contribution in [3.05, 3.63) is 29.8 Å². The van der Waals surface area contributed by atoms with Crippen molar-refractivity contribution in [2.75, 3.05) is 25.0 Å². The number of likely N-dealkylation sites (tertiary alicyclic amines) is 1. The Bertz CT molecular complexity index is 448. The first-order chi connectivity index (χ1) is 9.09. The van der Waals surface area contributed by atoms with E-state index in [4.69, 9.17) is 0 Å². The Hall–Kier alpha value is -1.55. The summed E-state index contributed by atoms with van der Waals surface area (Å²) in [6.45, 7) is 3.50. The zero-order valence-corrected chi connectivity index (χ0v) is 11.7. The number of aryl methyl sites for hydroxylation is 1. The van der Waals surface area contributed by atoms with Gasteiger partial charge in [-0.05, 0) is 25.0 Å². The number of aliphatic hydroxyl groups excluding tert-OH is 1. The molecule has 104 valence electrons. The van der Waals surface area contributed by atoms with Gasteiger partial charge in [0.2, 0.25) is 5.91 Å². The van der Waals surface area contributed by atoms with E-state index < -0.39 is 6.23 Å². The SMILES string of the molecule is Cc1ccccc1N(C)CCC(O)N1CCCC1=O. The third kappa shape index (κ3) is 3.26. The topological polar surface area (TPSA) is 43.8 Å². The van der Waals surface area contributed by atoms with E-state index in [0.29, 0.717) is 19.4 Å². The molecule has 1 aliphatic heterocycles. The fourth-order valence-corrected chi connectivity index (χ4v) is 2.56. The second-order valence-corrected chi connectivity index (χ2v) is 5.17. The van der Waals surface area contributed by atoms with Crippen LogP contribution in [0, 0.1) is 6.92 Å². The van der Waals surface area contributed by atoms with Crippen molar-refractivity contribution < 1.29 is 9.90 Å². The lowest BCUT2D eigenvalue weighted by Crippen LogP contribution is -2.38. The zero-order valence-electron chi connectivity index (χ0n) is 11.7. The third-order valence-corrected chi connectivity index (χ3v) is 3.72. The van der Waals surface area contributed by atoms with Crippen LogP contribution in [0.3, 0.4) is 0 Å². The number of rotatable bonds is 5. The Balaban J connectivity index is 1.88. The van der Waals surface area contributed by atoms with Crippen LogP contribution in [0.15, 0.2) is 24.3 Å². The number of para-hydroxylation sites is 1. The highest BCUT2D eigenvalue weighted by atomic mass is 16.3. The van der Waals surface area contributed by atoms with E-state index in [1.807, 2.05) is 19.2 Å². The fourth-order valence-electron chi connectivity index (χ4n) is 2.56. The van der Waals surface area contributed by atoms with E-state index in [1.165, 1.54) is 11.3 Å². The minimum absolute atomic E-state index is 0.0750. The average Bonchev–Trinajstić information content (AvgIpc) is 2.82. The molecule has 1 aliphatic rings. The van der Waals surface area contributed by atoms with Crippen molar-refractivity contribution in [3.8, 4) is 0 Å². The molecule has 4 nitrogen and oxygen atoms in total. The predicted molar refractivity (Wildman–Crippen MR) is 76.0 cm³/mol. The molecule has 1 N–H and O–H groups in total. The molecule has 1 aromatic carbocycles. The molecule has 0 spiro atoms. The summed E-state index contributed by atoms with van der Waals surface area (Å²) in [4.78, 5) is 15.2. The first-order valence-electron chi connectivity index (χ1n) is 6.84. The minimum Gasteiger partial charge on any atom is -0.374 e. The largest absolute Gasteiger partial charge is 0.374 e. The second-order valence-electron chi connectivity index (χ2n) is 5.17. The Morgan fingerprint density at radius 2 is 2.16 bits per heavy atom. The highest BCUT2D eigenvalue weighted by Crippen LogP contribution is 2.19. The van der Waals surface area contributed by atoms with Gasteiger partial charge in [-0.3, -0.25) is 4.79 Å². The molecular formula is C15H22N2O2. The number of nitrogens with zero attached hydrogens (tertiary/aromatic N) is 2. The van der Waals surface area contributed by atoms with Crippen molar-refractivity contribution in [1.29, 1.82) is 0 Å². The molecule has 1 heterocycles. The second kappa shape index (κ2) is 6.06. The molecule has 0 bridgehead atoms. The number of amides is 1. The van der Waals surface area contributed by atoms with Gasteiger partial charge >= 0.3 is 0 Å². The Kier molecular flexibility index (Phi) is 4.43. The molecule has 1 fully saturated rings. The van der Waals surface area contributed by atoms with E-state index >= 15 is 0 Å². The van der Waals surface area contributed by atoms with Crippen molar-refractivity contribution >= 4 is 11.6 Å². The monoisotopic (exact) mass is 262 g/mol. The number of benzene rings is 1. The Morgan fingerprint density at radius 3 is 2.79 bits per heavy atom. The smallest absolute Gasteiger partial charge is 0.224 e. The van der Waals surface area contributed by atoms with Gasteiger partial charge in [0.15, 0.2) is 0 Å². The summed E-state index contributed by atoms with van der Waals surface area (Å²) in [5.41, 5.74) is 2.39. The van der Waals surface area contributed by atoms with Crippen molar-refractivity contribution in [2.45, 2.75) is 32.4 Å². The number of aliphatic hydroxyl groups is 1. The number of anilines is 1. The van der Waals surface area contributed by atoms with Crippen molar-refractivity contribution in [1.82, 2.24) is 4.90 Å². The van der Waals surface area contributed by atoms with Crippen LogP contribution in [-0.4, -0.2) is 42.3 Å². The predicted octanol–water partition coefficient (Wildman–Crippen LogP) is 1.76. The lowest BCUT2D eigenvalue weighted by Gasteiger charge is -2.27. The molecule has 1 amide bonds. The van der Waals surface area contributed by atoms with E-state index in [1.54, 1.807) is 4.90 Å². The molecule has 19 heavy (non-hydrogen) atoms. The fraction of sp³-hybridized carbons (Fsp3) is 0.533. The third-order valence-electron chi connectivity index (χ3n) is 3.72. The van der Waals surface area contributed by atoms with Gasteiger partial charge in [-0.1, -0.05) is 18.2 Å². The van der Waals surface area contributed by atoms with Crippen LogP contribution in [0.1, 0.15) is 24.8 Å². The summed E-state index contributed by atoms with van der Waals surface area (Å²) >= 11 is 0. The number of hydrogen-bond donors (Lipinski definition) is 1. The van der Waals surface area contributed by atoms with Crippen LogP contribution < -0.4 is 4.90 Å². The average molecular weight is 262 g/mol. The zero-order chi connectivity index (χ0) is 13.8. The minimum atomic E-state index is -0.651. The summed E-state index contributed by atoms with van der Waals surface area (Å²) in [6.07, 6.45) is 1.37. The number of carbonyl (C=O) groups is 1. The Labute approximate surface area is 114 Å². The van der Waals surface area contributed by atoms with Crippen molar-refractivity contribution in [2.24, 2.45) is 0 Å². The number of hydrogen-bond acceptors (Lipinski definition) is 3. The van der Waals surface area contributed by atoms with Gasteiger partial charge in [-0.15, -0.1) is 0 Å².